The lowest BCUT2D eigenvalue weighted by Gasteiger charge is -2.05. The molecule has 0 aliphatic heterocycles. The minimum atomic E-state index is -0.345. The van der Waals surface area contributed by atoms with Crippen LogP contribution >= 0.6 is 0 Å². The van der Waals surface area contributed by atoms with Crippen LogP contribution < -0.4 is 5.32 Å². The molecule has 1 rings (SSSR count). The average molecular weight is 154 g/mol. The Labute approximate surface area is 65.5 Å². The van der Waals surface area contributed by atoms with Crippen LogP contribution in [0.5, 0.6) is 0 Å². The number of rotatable bonds is 3. The third-order valence-electron chi connectivity index (χ3n) is 1.43. The first-order valence-electron chi connectivity index (χ1n) is 3.55. The van der Waals surface area contributed by atoms with Gasteiger partial charge in [-0.25, -0.2) is 4.39 Å². The van der Waals surface area contributed by atoms with Crippen LogP contribution in [0.15, 0.2) is 18.5 Å². The highest BCUT2D eigenvalue weighted by atomic mass is 19.1. The Morgan fingerprint density at radius 1 is 1.64 bits per heavy atom. The first kappa shape index (κ1) is 7.98. The molecule has 0 spiro atoms. The molecule has 0 amide bonds. The molecular formula is C8H11FN2. The molecule has 3 heteroatoms. The van der Waals surface area contributed by atoms with Crippen molar-refractivity contribution in [1.82, 2.24) is 4.98 Å². The second-order valence-electron chi connectivity index (χ2n) is 2.31. The Kier molecular flexibility index (Phi) is 2.83. The number of alkyl halides is 1. The number of aromatic nitrogens is 1. The SMILES string of the molecule is Cc1cnccc1NCCF. The summed E-state index contributed by atoms with van der Waals surface area (Å²) >= 11 is 0. The molecule has 0 atom stereocenters. The van der Waals surface area contributed by atoms with Crippen molar-refractivity contribution in [2.24, 2.45) is 0 Å². The molecule has 0 unspecified atom stereocenters. The Bertz CT molecular complexity index is 225. The summed E-state index contributed by atoms with van der Waals surface area (Å²) in [5.41, 5.74) is 2.00. The molecule has 1 N–H and O–H groups in total. The van der Waals surface area contributed by atoms with E-state index in [0.29, 0.717) is 6.54 Å². The van der Waals surface area contributed by atoms with E-state index >= 15 is 0 Å². The molecule has 60 valence electrons. The van der Waals surface area contributed by atoms with Gasteiger partial charge < -0.3 is 5.32 Å². The number of hydrogen-bond acceptors (Lipinski definition) is 2. The summed E-state index contributed by atoms with van der Waals surface area (Å²) in [5, 5.41) is 2.95. The molecule has 11 heavy (non-hydrogen) atoms. The van der Waals surface area contributed by atoms with Gasteiger partial charge in [0.25, 0.3) is 0 Å². The van der Waals surface area contributed by atoms with Gasteiger partial charge in [-0.05, 0) is 18.6 Å². The number of halogens is 1. The van der Waals surface area contributed by atoms with Gasteiger partial charge in [0.1, 0.15) is 6.67 Å². The van der Waals surface area contributed by atoms with Crippen LogP contribution in [0.1, 0.15) is 5.56 Å². The molecule has 1 heterocycles. The third-order valence-corrected chi connectivity index (χ3v) is 1.43. The quantitative estimate of drug-likeness (QED) is 0.717. The molecule has 1 aromatic heterocycles. The molecule has 0 saturated carbocycles. The minimum Gasteiger partial charge on any atom is -0.382 e. The summed E-state index contributed by atoms with van der Waals surface area (Å²) in [5.74, 6) is 0. The van der Waals surface area contributed by atoms with Crippen LogP contribution in [0.3, 0.4) is 0 Å². The van der Waals surface area contributed by atoms with E-state index in [2.05, 4.69) is 10.3 Å². The maximum absolute atomic E-state index is 11.7. The van der Waals surface area contributed by atoms with E-state index in [-0.39, 0.29) is 6.67 Å². The van der Waals surface area contributed by atoms with Crippen molar-refractivity contribution in [2.75, 3.05) is 18.5 Å². The van der Waals surface area contributed by atoms with Crippen LogP contribution in [0.25, 0.3) is 0 Å². The first-order chi connectivity index (χ1) is 5.34. The highest BCUT2D eigenvalue weighted by Crippen LogP contribution is 2.10. The predicted octanol–water partition coefficient (Wildman–Crippen LogP) is 1.77. The van der Waals surface area contributed by atoms with Crippen LogP contribution in [0.2, 0.25) is 0 Å². The molecule has 0 fully saturated rings. The summed E-state index contributed by atoms with van der Waals surface area (Å²) in [6.45, 7) is 1.96. The number of nitrogens with one attached hydrogen (secondary N) is 1. The summed E-state index contributed by atoms with van der Waals surface area (Å²) in [7, 11) is 0. The fourth-order valence-electron chi connectivity index (χ4n) is 0.854. The molecular weight excluding hydrogens is 143 g/mol. The van der Waals surface area contributed by atoms with Crippen molar-refractivity contribution in [3.8, 4) is 0 Å². The standard InChI is InChI=1S/C8H11FN2/c1-7-6-10-4-2-8(7)11-5-3-9/h2,4,6H,3,5H2,1H3,(H,10,11). The summed E-state index contributed by atoms with van der Waals surface area (Å²) in [6, 6.07) is 1.84. The second-order valence-corrected chi connectivity index (χ2v) is 2.31. The number of nitrogens with zero attached hydrogens (tertiary/aromatic N) is 1. The lowest BCUT2D eigenvalue weighted by Crippen LogP contribution is -2.04. The van der Waals surface area contributed by atoms with Gasteiger partial charge >= 0.3 is 0 Å². The normalized spacial score (nSPS) is 9.64. The average Bonchev–Trinajstić information content (AvgIpc) is 2.03. The van der Waals surface area contributed by atoms with Gasteiger partial charge in [0.15, 0.2) is 0 Å². The zero-order valence-electron chi connectivity index (χ0n) is 6.47. The number of aryl methyl sites for hydroxylation is 1. The van der Waals surface area contributed by atoms with Crippen LogP contribution in [-0.4, -0.2) is 18.2 Å². The largest absolute Gasteiger partial charge is 0.382 e. The number of pyridine rings is 1. The molecule has 0 radical (unpaired) electrons. The summed E-state index contributed by atoms with van der Waals surface area (Å²) < 4.78 is 11.7. The lowest BCUT2D eigenvalue weighted by atomic mass is 10.2. The van der Waals surface area contributed by atoms with E-state index < -0.39 is 0 Å². The minimum absolute atomic E-state index is 0.345. The van der Waals surface area contributed by atoms with E-state index in [4.69, 9.17) is 0 Å². The van der Waals surface area contributed by atoms with Crippen LogP contribution in [0.4, 0.5) is 10.1 Å². The monoisotopic (exact) mass is 154 g/mol. The summed E-state index contributed by atoms with van der Waals surface area (Å²) in [4.78, 5) is 3.92. The van der Waals surface area contributed by atoms with E-state index in [1.165, 1.54) is 0 Å². The molecule has 1 aromatic rings. The molecule has 2 nitrogen and oxygen atoms in total. The van der Waals surface area contributed by atoms with E-state index in [1.807, 2.05) is 13.0 Å². The zero-order valence-corrected chi connectivity index (χ0v) is 6.47. The predicted molar refractivity (Wildman–Crippen MR) is 43.4 cm³/mol. The van der Waals surface area contributed by atoms with Crippen molar-refractivity contribution in [3.05, 3.63) is 24.0 Å². The van der Waals surface area contributed by atoms with Gasteiger partial charge in [-0.15, -0.1) is 0 Å². The highest BCUT2D eigenvalue weighted by Gasteiger charge is 1.93. The lowest BCUT2D eigenvalue weighted by molar-refractivity contribution is 0.512. The number of anilines is 1. The zero-order chi connectivity index (χ0) is 8.10. The Balaban J connectivity index is 2.62. The molecule has 0 aromatic carbocycles. The fourth-order valence-corrected chi connectivity index (χ4v) is 0.854. The van der Waals surface area contributed by atoms with Crippen LogP contribution in [-0.2, 0) is 0 Å². The molecule has 0 aliphatic rings. The Hall–Kier alpha value is -1.12. The van der Waals surface area contributed by atoms with Crippen molar-refractivity contribution in [2.45, 2.75) is 6.92 Å². The maximum atomic E-state index is 11.7. The highest BCUT2D eigenvalue weighted by molar-refractivity contribution is 5.48. The third kappa shape index (κ3) is 2.18. The molecule has 0 saturated heterocycles. The van der Waals surface area contributed by atoms with Crippen molar-refractivity contribution in [1.29, 1.82) is 0 Å². The summed E-state index contributed by atoms with van der Waals surface area (Å²) in [6.07, 6.45) is 3.44. The van der Waals surface area contributed by atoms with Crippen molar-refractivity contribution in [3.63, 3.8) is 0 Å². The van der Waals surface area contributed by atoms with E-state index in [0.717, 1.165) is 11.3 Å². The van der Waals surface area contributed by atoms with Crippen molar-refractivity contribution >= 4 is 5.69 Å². The Morgan fingerprint density at radius 2 is 2.45 bits per heavy atom. The van der Waals surface area contributed by atoms with E-state index in [1.54, 1.807) is 12.4 Å². The van der Waals surface area contributed by atoms with Gasteiger partial charge in [-0.2, -0.15) is 0 Å². The van der Waals surface area contributed by atoms with Gasteiger partial charge in [0, 0.05) is 24.6 Å². The second kappa shape index (κ2) is 3.91. The topological polar surface area (TPSA) is 24.9 Å². The number of hydrogen-bond donors (Lipinski definition) is 1. The Morgan fingerprint density at radius 3 is 3.09 bits per heavy atom. The van der Waals surface area contributed by atoms with Crippen molar-refractivity contribution < 1.29 is 4.39 Å². The fraction of sp³-hybridized carbons (Fsp3) is 0.375. The van der Waals surface area contributed by atoms with Gasteiger partial charge in [-0.3, -0.25) is 4.98 Å². The maximum Gasteiger partial charge on any atom is 0.107 e. The molecule has 0 bridgehead atoms. The smallest absolute Gasteiger partial charge is 0.107 e. The van der Waals surface area contributed by atoms with E-state index in [9.17, 15) is 4.39 Å². The van der Waals surface area contributed by atoms with Crippen LogP contribution in [0, 0.1) is 6.92 Å². The van der Waals surface area contributed by atoms with Gasteiger partial charge in [-0.1, -0.05) is 0 Å². The van der Waals surface area contributed by atoms with Gasteiger partial charge in [0.05, 0.1) is 0 Å². The van der Waals surface area contributed by atoms with Gasteiger partial charge in [0.2, 0.25) is 0 Å². The first-order valence-corrected chi connectivity index (χ1v) is 3.55. The molecule has 0 aliphatic carbocycles.